The van der Waals surface area contributed by atoms with E-state index >= 15 is 0 Å². The van der Waals surface area contributed by atoms with Crippen molar-refractivity contribution in [3.05, 3.63) is 24.4 Å². The predicted molar refractivity (Wildman–Crippen MR) is 72.7 cm³/mol. The molecule has 5 heteroatoms. The zero-order valence-corrected chi connectivity index (χ0v) is 11.0. The quantitative estimate of drug-likeness (QED) is 0.895. The Balaban J connectivity index is 1.76. The summed E-state index contributed by atoms with van der Waals surface area (Å²) in [5, 5.41) is 8.03. The molecular weight excluding hydrogens is 238 g/mol. The van der Waals surface area contributed by atoms with Crippen molar-refractivity contribution in [1.29, 1.82) is 0 Å². The summed E-state index contributed by atoms with van der Waals surface area (Å²) in [6.07, 6.45) is 5.52. The molecule has 2 aromatic rings. The number of aromatic nitrogens is 4. The standard InChI is InChI=1S/C14H17N5/c1-14(6-7-14)11-5-9-16-13-17-12(18-19(11)13)10-4-2-3-8-15-10/h2-4,8,11H,5-7,9H2,1H3,(H,16,17,18). The number of anilines is 1. The fourth-order valence-electron chi connectivity index (χ4n) is 2.88. The van der Waals surface area contributed by atoms with Crippen LogP contribution in [0.25, 0.3) is 11.5 Å². The Bertz CT molecular complexity index is 600. The van der Waals surface area contributed by atoms with E-state index in [9.17, 15) is 0 Å². The molecule has 1 aliphatic heterocycles. The molecule has 1 aliphatic carbocycles. The first-order valence-electron chi connectivity index (χ1n) is 6.88. The first kappa shape index (κ1) is 11.0. The minimum atomic E-state index is 0.423. The van der Waals surface area contributed by atoms with Gasteiger partial charge in [-0.3, -0.25) is 4.98 Å². The van der Waals surface area contributed by atoms with Gasteiger partial charge in [0, 0.05) is 12.7 Å². The fraction of sp³-hybridized carbons (Fsp3) is 0.500. The monoisotopic (exact) mass is 255 g/mol. The maximum Gasteiger partial charge on any atom is 0.222 e. The minimum absolute atomic E-state index is 0.423. The molecule has 0 amide bonds. The van der Waals surface area contributed by atoms with E-state index in [0.717, 1.165) is 30.4 Å². The van der Waals surface area contributed by atoms with Gasteiger partial charge in [-0.05, 0) is 36.8 Å². The van der Waals surface area contributed by atoms with Crippen molar-refractivity contribution in [2.75, 3.05) is 11.9 Å². The highest BCUT2D eigenvalue weighted by Crippen LogP contribution is 2.56. The van der Waals surface area contributed by atoms with Crippen molar-refractivity contribution < 1.29 is 0 Å². The molecule has 1 atom stereocenters. The summed E-state index contributed by atoms with van der Waals surface area (Å²) in [5.74, 6) is 1.62. The molecule has 3 heterocycles. The summed E-state index contributed by atoms with van der Waals surface area (Å²) in [6, 6.07) is 6.31. The molecule has 1 saturated carbocycles. The summed E-state index contributed by atoms with van der Waals surface area (Å²) >= 11 is 0. The molecule has 2 aromatic heterocycles. The van der Waals surface area contributed by atoms with Crippen molar-refractivity contribution in [2.24, 2.45) is 5.41 Å². The van der Waals surface area contributed by atoms with Crippen molar-refractivity contribution in [3.8, 4) is 11.5 Å². The lowest BCUT2D eigenvalue weighted by Gasteiger charge is -2.29. The maximum absolute atomic E-state index is 4.69. The number of pyridine rings is 1. The van der Waals surface area contributed by atoms with Crippen LogP contribution in [-0.2, 0) is 0 Å². The molecule has 0 aromatic carbocycles. The first-order chi connectivity index (χ1) is 9.26. The highest BCUT2D eigenvalue weighted by molar-refractivity contribution is 5.51. The Morgan fingerprint density at radius 1 is 1.37 bits per heavy atom. The molecule has 0 bridgehead atoms. The number of rotatable bonds is 2. The SMILES string of the molecule is CC1(C2CCNc3nc(-c4ccccn4)nn32)CC1. The van der Waals surface area contributed by atoms with Crippen LogP contribution in [0.1, 0.15) is 32.2 Å². The third-order valence-corrected chi connectivity index (χ3v) is 4.36. The molecule has 4 rings (SSSR count). The van der Waals surface area contributed by atoms with Crippen molar-refractivity contribution in [1.82, 2.24) is 19.7 Å². The van der Waals surface area contributed by atoms with Crippen LogP contribution in [0.3, 0.4) is 0 Å². The summed E-state index contributed by atoms with van der Waals surface area (Å²) in [7, 11) is 0. The highest BCUT2D eigenvalue weighted by atomic mass is 15.4. The van der Waals surface area contributed by atoms with E-state index in [4.69, 9.17) is 0 Å². The molecule has 5 nitrogen and oxygen atoms in total. The summed E-state index contributed by atoms with van der Waals surface area (Å²) < 4.78 is 2.08. The van der Waals surface area contributed by atoms with E-state index in [1.54, 1.807) is 6.20 Å². The second-order valence-electron chi connectivity index (χ2n) is 5.80. The number of nitrogens with zero attached hydrogens (tertiary/aromatic N) is 4. The third-order valence-electron chi connectivity index (χ3n) is 4.36. The van der Waals surface area contributed by atoms with Crippen molar-refractivity contribution in [2.45, 2.75) is 32.2 Å². The van der Waals surface area contributed by atoms with Gasteiger partial charge in [-0.15, -0.1) is 5.10 Å². The second kappa shape index (κ2) is 3.79. The normalized spacial score (nSPS) is 23.5. The Morgan fingerprint density at radius 2 is 2.26 bits per heavy atom. The number of fused-ring (bicyclic) bond motifs is 1. The van der Waals surface area contributed by atoms with Crippen LogP contribution in [0.15, 0.2) is 24.4 Å². The average molecular weight is 255 g/mol. The van der Waals surface area contributed by atoms with Gasteiger partial charge in [0.2, 0.25) is 11.8 Å². The number of hydrogen-bond acceptors (Lipinski definition) is 4. The van der Waals surface area contributed by atoms with Gasteiger partial charge in [0.05, 0.1) is 6.04 Å². The minimum Gasteiger partial charge on any atom is -0.354 e. The molecule has 19 heavy (non-hydrogen) atoms. The average Bonchev–Trinajstić information content (AvgIpc) is 3.05. The Kier molecular flexibility index (Phi) is 2.19. The van der Waals surface area contributed by atoms with E-state index < -0.39 is 0 Å². The molecule has 2 aliphatic rings. The first-order valence-corrected chi connectivity index (χ1v) is 6.88. The molecule has 1 N–H and O–H groups in total. The zero-order chi connectivity index (χ0) is 12.9. The van der Waals surface area contributed by atoms with Gasteiger partial charge in [0.1, 0.15) is 5.69 Å². The lowest BCUT2D eigenvalue weighted by atomic mass is 9.95. The van der Waals surface area contributed by atoms with Gasteiger partial charge >= 0.3 is 0 Å². The summed E-state index contributed by atoms with van der Waals surface area (Å²) in [6.45, 7) is 3.34. The van der Waals surface area contributed by atoms with Gasteiger partial charge in [-0.25, -0.2) is 4.68 Å². The van der Waals surface area contributed by atoms with E-state index in [0.29, 0.717) is 11.5 Å². The van der Waals surface area contributed by atoms with E-state index in [1.807, 2.05) is 18.2 Å². The third kappa shape index (κ3) is 1.72. The van der Waals surface area contributed by atoms with Gasteiger partial charge < -0.3 is 5.32 Å². The van der Waals surface area contributed by atoms with Crippen LogP contribution in [-0.4, -0.2) is 26.3 Å². The molecule has 0 radical (unpaired) electrons. The molecule has 0 saturated heterocycles. The zero-order valence-electron chi connectivity index (χ0n) is 11.0. The van der Waals surface area contributed by atoms with Crippen LogP contribution >= 0.6 is 0 Å². The van der Waals surface area contributed by atoms with Crippen molar-refractivity contribution >= 4 is 5.95 Å². The Morgan fingerprint density at radius 3 is 3.00 bits per heavy atom. The molecule has 98 valence electrons. The van der Waals surface area contributed by atoms with Gasteiger partial charge in [-0.1, -0.05) is 13.0 Å². The largest absolute Gasteiger partial charge is 0.354 e. The van der Waals surface area contributed by atoms with E-state index in [1.165, 1.54) is 12.8 Å². The van der Waals surface area contributed by atoms with Crippen LogP contribution in [0.2, 0.25) is 0 Å². The van der Waals surface area contributed by atoms with Crippen LogP contribution < -0.4 is 5.32 Å². The van der Waals surface area contributed by atoms with Gasteiger partial charge in [-0.2, -0.15) is 4.98 Å². The number of nitrogens with one attached hydrogen (secondary N) is 1. The van der Waals surface area contributed by atoms with E-state index in [-0.39, 0.29) is 0 Å². The van der Waals surface area contributed by atoms with E-state index in [2.05, 4.69) is 32.0 Å². The maximum atomic E-state index is 4.69. The van der Waals surface area contributed by atoms with Crippen LogP contribution in [0, 0.1) is 5.41 Å². The Labute approximate surface area is 112 Å². The smallest absolute Gasteiger partial charge is 0.222 e. The Hall–Kier alpha value is -1.91. The van der Waals surface area contributed by atoms with Crippen molar-refractivity contribution in [3.63, 3.8) is 0 Å². The van der Waals surface area contributed by atoms with Gasteiger partial charge in [0.25, 0.3) is 0 Å². The lowest BCUT2D eigenvalue weighted by Crippen LogP contribution is -2.29. The topological polar surface area (TPSA) is 55.6 Å². The molecular formula is C14H17N5. The lowest BCUT2D eigenvalue weighted by molar-refractivity contribution is 0.284. The second-order valence-corrected chi connectivity index (χ2v) is 5.80. The van der Waals surface area contributed by atoms with Crippen LogP contribution in [0.5, 0.6) is 0 Å². The number of hydrogen-bond donors (Lipinski definition) is 1. The molecule has 0 spiro atoms. The highest BCUT2D eigenvalue weighted by Gasteiger charge is 2.47. The molecule has 1 fully saturated rings. The van der Waals surface area contributed by atoms with Crippen LogP contribution in [0.4, 0.5) is 5.95 Å². The fourth-order valence-corrected chi connectivity index (χ4v) is 2.88. The predicted octanol–water partition coefficient (Wildman–Crippen LogP) is 2.50. The summed E-state index contributed by atoms with van der Waals surface area (Å²) in [5.41, 5.74) is 1.26. The molecule has 1 unspecified atom stereocenters. The van der Waals surface area contributed by atoms with Gasteiger partial charge in [0.15, 0.2) is 0 Å². The summed E-state index contributed by atoms with van der Waals surface area (Å²) in [4.78, 5) is 8.92.